The average molecular weight is 241 g/mol. The molecule has 2 aromatic heterocycles. The first-order chi connectivity index (χ1) is 7.08. The highest BCUT2D eigenvalue weighted by Crippen LogP contribution is 2.28. The predicted octanol–water partition coefficient (Wildman–Crippen LogP) is 3.84. The molecule has 0 N–H and O–H groups in total. The van der Waals surface area contributed by atoms with Gasteiger partial charge in [0.05, 0.1) is 14.8 Å². The van der Waals surface area contributed by atoms with E-state index in [2.05, 4.69) is 0 Å². The number of rotatable bonds is 2. The van der Waals surface area contributed by atoms with Crippen LogP contribution in [0.15, 0.2) is 22.8 Å². The molecular formula is C11H9ClO2S. The first-order valence-electron chi connectivity index (χ1n) is 4.43. The Bertz CT molecular complexity index is 491. The van der Waals surface area contributed by atoms with Crippen molar-refractivity contribution in [2.75, 3.05) is 0 Å². The maximum atomic E-state index is 11.9. The van der Waals surface area contributed by atoms with E-state index in [0.29, 0.717) is 14.8 Å². The molecule has 0 aliphatic carbocycles. The summed E-state index contributed by atoms with van der Waals surface area (Å²) in [5.74, 6) is 0.699. The minimum absolute atomic E-state index is 0.0353. The van der Waals surface area contributed by atoms with Crippen molar-refractivity contribution in [3.63, 3.8) is 0 Å². The fraction of sp³-hybridized carbons (Fsp3) is 0.182. The van der Waals surface area contributed by atoms with Crippen molar-refractivity contribution in [1.82, 2.24) is 0 Å². The molecule has 0 spiro atoms. The molecule has 15 heavy (non-hydrogen) atoms. The third kappa shape index (κ3) is 1.98. The Morgan fingerprint density at radius 2 is 2.13 bits per heavy atom. The normalized spacial score (nSPS) is 10.6. The quantitative estimate of drug-likeness (QED) is 0.747. The van der Waals surface area contributed by atoms with Crippen LogP contribution in [0.1, 0.15) is 26.6 Å². The lowest BCUT2D eigenvalue weighted by atomic mass is 10.2. The van der Waals surface area contributed by atoms with Crippen molar-refractivity contribution in [3.05, 3.63) is 44.5 Å². The molecular weight excluding hydrogens is 232 g/mol. The van der Waals surface area contributed by atoms with Crippen molar-refractivity contribution in [3.8, 4) is 0 Å². The van der Waals surface area contributed by atoms with E-state index in [1.165, 1.54) is 17.6 Å². The number of thiophene rings is 1. The maximum absolute atomic E-state index is 11.9. The predicted molar refractivity (Wildman–Crippen MR) is 60.9 cm³/mol. The molecule has 2 rings (SSSR count). The Labute approximate surface area is 96.5 Å². The number of carbonyl (C=O) groups is 1. The second kappa shape index (κ2) is 3.83. The molecule has 0 unspecified atom stereocenters. The summed E-state index contributed by atoms with van der Waals surface area (Å²) >= 11 is 7.21. The highest BCUT2D eigenvalue weighted by Gasteiger charge is 2.15. The molecule has 0 fully saturated rings. The van der Waals surface area contributed by atoms with Gasteiger partial charge in [-0.2, -0.15) is 0 Å². The van der Waals surface area contributed by atoms with E-state index in [1.807, 2.05) is 13.8 Å². The van der Waals surface area contributed by atoms with Gasteiger partial charge in [-0.1, -0.05) is 11.6 Å². The monoisotopic (exact) mass is 240 g/mol. The molecule has 0 aromatic carbocycles. The molecule has 2 heterocycles. The molecule has 0 bridgehead atoms. The summed E-state index contributed by atoms with van der Waals surface area (Å²) in [5, 5.41) is 0. The van der Waals surface area contributed by atoms with Crippen LogP contribution < -0.4 is 0 Å². The third-order valence-electron chi connectivity index (χ3n) is 2.07. The van der Waals surface area contributed by atoms with E-state index in [-0.39, 0.29) is 5.78 Å². The highest BCUT2D eigenvalue weighted by molar-refractivity contribution is 7.18. The summed E-state index contributed by atoms with van der Waals surface area (Å²) < 4.78 is 5.76. The van der Waals surface area contributed by atoms with E-state index in [0.717, 1.165) is 11.3 Å². The first kappa shape index (κ1) is 10.5. The molecule has 0 aliphatic heterocycles. The van der Waals surface area contributed by atoms with Crippen LogP contribution in [0, 0.1) is 13.8 Å². The van der Waals surface area contributed by atoms with Gasteiger partial charge in [0.25, 0.3) is 0 Å². The number of ketones is 1. The summed E-state index contributed by atoms with van der Waals surface area (Å²) in [6, 6.07) is 3.53. The van der Waals surface area contributed by atoms with Crippen LogP contribution in [-0.2, 0) is 0 Å². The van der Waals surface area contributed by atoms with Gasteiger partial charge >= 0.3 is 0 Å². The van der Waals surface area contributed by atoms with Crippen molar-refractivity contribution in [2.24, 2.45) is 0 Å². The van der Waals surface area contributed by atoms with Crippen LogP contribution in [-0.4, -0.2) is 5.78 Å². The fourth-order valence-corrected chi connectivity index (χ4v) is 2.44. The van der Waals surface area contributed by atoms with Crippen LogP contribution in [0.5, 0.6) is 0 Å². The van der Waals surface area contributed by atoms with Crippen molar-refractivity contribution < 1.29 is 9.21 Å². The molecule has 0 saturated heterocycles. The molecule has 0 saturated carbocycles. The number of carbonyl (C=O) groups excluding carboxylic acids is 1. The topological polar surface area (TPSA) is 30.2 Å². The minimum atomic E-state index is -0.0353. The fourth-order valence-electron chi connectivity index (χ4n) is 1.28. The highest BCUT2D eigenvalue weighted by atomic mass is 35.5. The van der Waals surface area contributed by atoms with Gasteiger partial charge in [-0.25, -0.2) is 0 Å². The van der Waals surface area contributed by atoms with Crippen LogP contribution in [0.3, 0.4) is 0 Å². The Morgan fingerprint density at radius 1 is 1.40 bits per heavy atom. The second-order valence-corrected chi connectivity index (χ2v) is 5.00. The Balaban J connectivity index is 2.36. The minimum Gasteiger partial charge on any atom is -0.469 e. The van der Waals surface area contributed by atoms with Gasteiger partial charge in [0, 0.05) is 0 Å². The molecule has 78 valence electrons. The largest absolute Gasteiger partial charge is 0.469 e. The van der Waals surface area contributed by atoms with Crippen molar-refractivity contribution in [1.29, 1.82) is 0 Å². The number of halogens is 1. The van der Waals surface area contributed by atoms with Gasteiger partial charge in [0.2, 0.25) is 5.78 Å². The summed E-state index contributed by atoms with van der Waals surface area (Å²) in [5.41, 5.74) is 1.51. The molecule has 2 aromatic rings. The van der Waals surface area contributed by atoms with Crippen LogP contribution in [0.2, 0.25) is 4.34 Å². The molecule has 4 heteroatoms. The van der Waals surface area contributed by atoms with Gasteiger partial charge in [-0.3, -0.25) is 4.79 Å². The van der Waals surface area contributed by atoms with Gasteiger partial charge < -0.3 is 4.42 Å². The van der Waals surface area contributed by atoms with Gasteiger partial charge in [0.1, 0.15) is 12.0 Å². The van der Waals surface area contributed by atoms with Crippen LogP contribution in [0.4, 0.5) is 0 Å². The number of hydrogen-bond donors (Lipinski definition) is 0. The SMILES string of the molecule is Cc1cc(C(=O)c2cc(C)c(Cl)s2)co1. The summed E-state index contributed by atoms with van der Waals surface area (Å²) in [4.78, 5) is 12.6. The number of furan rings is 1. The zero-order valence-corrected chi connectivity index (χ0v) is 9.91. The van der Waals surface area contributed by atoms with E-state index in [1.54, 1.807) is 12.1 Å². The van der Waals surface area contributed by atoms with E-state index in [4.69, 9.17) is 16.0 Å². The second-order valence-electron chi connectivity index (χ2n) is 3.34. The number of hydrogen-bond acceptors (Lipinski definition) is 3. The maximum Gasteiger partial charge on any atom is 0.206 e. The first-order valence-corrected chi connectivity index (χ1v) is 5.63. The molecule has 0 radical (unpaired) electrons. The van der Waals surface area contributed by atoms with E-state index < -0.39 is 0 Å². The molecule has 2 nitrogen and oxygen atoms in total. The van der Waals surface area contributed by atoms with Crippen molar-refractivity contribution in [2.45, 2.75) is 13.8 Å². The summed E-state index contributed by atoms with van der Waals surface area (Å²) in [7, 11) is 0. The van der Waals surface area contributed by atoms with E-state index in [9.17, 15) is 4.79 Å². The lowest BCUT2D eigenvalue weighted by molar-refractivity contribution is 0.104. The Hall–Kier alpha value is -1.06. The smallest absolute Gasteiger partial charge is 0.206 e. The lowest BCUT2D eigenvalue weighted by Gasteiger charge is -1.89. The van der Waals surface area contributed by atoms with Crippen LogP contribution in [0.25, 0.3) is 0 Å². The molecule has 0 amide bonds. The standard InChI is InChI=1S/C11H9ClO2S/c1-6-3-9(15-11(6)12)10(13)8-4-7(2)14-5-8/h3-5H,1-2H3. The third-order valence-corrected chi connectivity index (χ3v) is 3.63. The summed E-state index contributed by atoms with van der Waals surface area (Å²) in [6.07, 6.45) is 1.47. The Morgan fingerprint density at radius 3 is 2.60 bits per heavy atom. The van der Waals surface area contributed by atoms with Gasteiger partial charge in [0.15, 0.2) is 0 Å². The summed E-state index contributed by atoms with van der Waals surface area (Å²) in [6.45, 7) is 3.69. The van der Waals surface area contributed by atoms with Crippen molar-refractivity contribution >= 4 is 28.7 Å². The molecule has 0 aliphatic rings. The Kier molecular flexibility index (Phi) is 2.67. The van der Waals surface area contributed by atoms with Crippen LogP contribution >= 0.6 is 22.9 Å². The van der Waals surface area contributed by atoms with E-state index >= 15 is 0 Å². The zero-order valence-electron chi connectivity index (χ0n) is 8.33. The number of aryl methyl sites for hydroxylation is 2. The lowest BCUT2D eigenvalue weighted by Crippen LogP contribution is -1.95. The van der Waals surface area contributed by atoms with Gasteiger partial charge in [-0.15, -0.1) is 11.3 Å². The average Bonchev–Trinajstić information content (AvgIpc) is 2.74. The van der Waals surface area contributed by atoms with Gasteiger partial charge in [-0.05, 0) is 31.5 Å². The zero-order chi connectivity index (χ0) is 11.0. The molecule has 0 atom stereocenters.